The molecule has 0 unspecified atom stereocenters. The van der Waals surface area contributed by atoms with Gasteiger partial charge in [-0.15, -0.1) is 0 Å². The van der Waals surface area contributed by atoms with Gasteiger partial charge in [-0.3, -0.25) is 0 Å². The van der Waals surface area contributed by atoms with E-state index < -0.39 is 11.6 Å². The first-order valence-electron chi connectivity index (χ1n) is 9.12. The fourth-order valence-electron chi connectivity index (χ4n) is 2.86. The quantitative estimate of drug-likeness (QED) is 0.449. The zero-order valence-electron chi connectivity index (χ0n) is 16.1. The molecular formula is C22H22O6. The molecule has 0 saturated heterocycles. The predicted molar refractivity (Wildman–Crippen MR) is 105 cm³/mol. The SMILES string of the molecule is CCOc1ccc(C(=O)OCc2cc(=O)oc3cc(C)ccc23)cc1OCC. The van der Waals surface area contributed by atoms with Crippen LogP contribution in [-0.4, -0.2) is 19.2 Å². The van der Waals surface area contributed by atoms with Gasteiger partial charge < -0.3 is 18.6 Å². The molecule has 0 spiro atoms. The molecule has 0 bridgehead atoms. The molecule has 0 fully saturated rings. The summed E-state index contributed by atoms with van der Waals surface area (Å²) >= 11 is 0. The second-order valence-electron chi connectivity index (χ2n) is 6.19. The summed E-state index contributed by atoms with van der Waals surface area (Å²) in [4.78, 5) is 24.3. The first kappa shape index (κ1) is 19.5. The average Bonchev–Trinajstić information content (AvgIpc) is 2.67. The van der Waals surface area contributed by atoms with E-state index in [1.807, 2.05) is 32.9 Å². The third kappa shape index (κ3) is 4.34. The standard InChI is InChI=1S/C22H22O6/c1-4-25-18-9-7-15(11-20(18)26-5-2)22(24)27-13-16-12-21(23)28-19-10-14(3)6-8-17(16)19/h6-12H,4-5,13H2,1-3H3. The van der Waals surface area contributed by atoms with Gasteiger partial charge in [0, 0.05) is 17.0 Å². The van der Waals surface area contributed by atoms with Gasteiger partial charge >= 0.3 is 11.6 Å². The van der Waals surface area contributed by atoms with Crippen molar-refractivity contribution in [2.45, 2.75) is 27.4 Å². The van der Waals surface area contributed by atoms with E-state index >= 15 is 0 Å². The van der Waals surface area contributed by atoms with E-state index in [0.717, 1.165) is 10.9 Å². The Bertz CT molecular complexity index is 1050. The molecule has 28 heavy (non-hydrogen) atoms. The lowest BCUT2D eigenvalue weighted by atomic mass is 10.1. The first-order chi connectivity index (χ1) is 13.5. The molecule has 0 aliphatic rings. The number of hydrogen-bond donors (Lipinski definition) is 0. The van der Waals surface area contributed by atoms with Gasteiger partial charge in [0.15, 0.2) is 11.5 Å². The van der Waals surface area contributed by atoms with Gasteiger partial charge in [-0.2, -0.15) is 0 Å². The van der Waals surface area contributed by atoms with E-state index in [4.69, 9.17) is 18.6 Å². The second-order valence-corrected chi connectivity index (χ2v) is 6.19. The highest BCUT2D eigenvalue weighted by Gasteiger charge is 2.14. The summed E-state index contributed by atoms with van der Waals surface area (Å²) in [6.45, 7) is 6.54. The van der Waals surface area contributed by atoms with E-state index in [1.54, 1.807) is 24.3 Å². The Morgan fingerprint density at radius 3 is 2.46 bits per heavy atom. The molecule has 0 N–H and O–H groups in total. The van der Waals surface area contributed by atoms with E-state index in [0.29, 0.717) is 41.4 Å². The molecule has 6 heteroatoms. The molecule has 0 aliphatic heterocycles. The van der Waals surface area contributed by atoms with Gasteiger partial charge in [0.1, 0.15) is 12.2 Å². The molecule has 2 aromatic carbocycles. The normalized spacial score (nSPS) is 10.7. The summed E-state index contributed by atoms with van der Waals surface area (Å²) in [5, 5.41) is 0.736. The number of esters is 1. The smallest absolute Gasteiger partial charge is 0.338 e. The van der Waals surface area contributed by atoms with Gasteiger partial charge in [-0.05, 0) is 50.6 Å². The maximum absolute atomic E-state index is 12.5. The number of rotatable bonds is 7. The summed E-state index contributed by atoms with van der Waals surface area (Å²) in [6, 6.07) is 11.8. The summed E-state index contributed by atoms with van der Waals surface area (Å²) in [7, 11) is 0. The van der Waals surface area contributed by atoms with E-state index in [9.17, 15) is 9.59 Å². The van der Waals surface area contributed by atoms with Crippen LogP contribution in [-0.2, 0) is 11.3 Å². The van der Waals surface area contributed by atoms with Crippen molar-refractivity contribution in [3.05, 3.63) is 69.6 Å². The monoisotopic (exact) mass is 382 g/mol. The number of fused-ring (bicyclic) bond motifs is 1. The summed E-state index contributed by atoms with van der Waals surface area (Å²) in [6.07, 6.45) is 0. The second kappa shape index (κ2) is 8.61. The highest BCUT2D eigenvalue weighted by atomic mass is 16.5. The first-order valence-corrected chi connectivity index (χ1v) is 9.12. The van der Waals surface area contributed by atoms with Crippen LogP contribution in [0.4, 0.5) is 0 Å². The van der Waals surface area contributed by atoms with Crippen molar-refractivity contribution >= 4 is 16.9 Å². The Kier molecular flexibility index (Phi) is 5.99. The molecule has 3 rings (SSSR count). The molecule has 146 valence electrons. The maximum Gasteiger partial charge on any atom is 0.338 e. The molecule has 1 heterocycles. The van der Waals surface area contributed by atoms with Crippen molar-refractivity contribution in [2.75, 3.05) is 13.2 Å². The lowest BCUT2D eigenvalue weighted by Crippen LogP contribution is -2.09. The van der Waals surface area contributed by atoms with Gasteiger partial charge in [0.25, 0.3) is 0 Å². The Balaban J connectivity index is 1.82. The van der Waals surface area contributed by atoms with Crippen molar-refractivity contribution in [1.82, 2.24) is 0 Å². The van der Waals surface area contributed by atoms with Crippen molar-refractivity contribution in [3.63, 3.8) is 0 Å². The van der Waals surface area contributed by atoms with Crippen LogP contribution in [0.2, 0.25) is 0 Å². The van der Waals surface area contributed by atoms with Crippen molar-refractivity contribution < 1.29 is 23.4 Å². The molecular weight excluding hydrogens is 360 g/mol. The van der Waals surface area contributed by atoms with Crippen LogP contribution in [0.25, 0.3) is 11.0 Å². The molecule has 0 saturated carbocycles. The van der Waals surface area contributed by atoms with Gasteiger partial charge in [0.2, 0.25) is 0 Å². The lowest BCUT2D eigenvalue weighted by molar-refractivity contribution is 0.0473. The summed E-state index contributed by atoms with van der Waals surface area (Å²) in [5.41, 5.74) is 1.90. The molecule has 0 amide bonds. The van der Waals surface area contributed by atoms with Crippen LogP contribution >= 0.6 is 0 Å². The zero-order chi connectivity index (χ0) is 20.1. The predicted octanol–water partition coefficient (Wildman–Crippen LogP) is 4.26. The minimum absolute atomic E-state index is 0.0405. The van der Waals surface area contributed by atoms with Crippen LogP contribution in [0.3, 0.4) is 0 Å². The highest BCUT2D eigenvalue weighted by Crippen LogP contribution is 2.29. The summed E-state index contributed by atoms with van der Waals surface area (Å²) in [5.74, 6) is 0.542. The topological polar surface area (TPSA) is 75.0 Å². The zero-order valence-corrected chi connectivity index (χ0v) is 16.1. The number of ether oxygens (including phenoxy) is 3. The van der Waals surface area contributed by atoms with Crippen molar-refractivity contribution in [3.8, 4) is 11.5 Å². The van der Waals surface area contributed by atoms with Crippen LogP contribution in [0, 0.1) is 6.92 Å². The average molecular weight is 382 g/mol. The van der Waals surface area contributed by atoms with E-state index in [2.05, 4.69) is 0 Å². The molecule has 0 atom stereocenters. The minimum atomic E-state index is -0.516. The van der Waals surface area contributed by atoms with Crippen LogP contribution in [0.15, 0.2) is 51.7 Å². The molecule has 0 aliphatic carbocycles. The van der Waals surface area contributed by atoms with Gasteiger partial charge in [-0.25, -0.2) is 9.59 Å². The van der Waals surface area contributed by atoms with Crippen molar-refractivity contribution in [2.24, 2.45) is 0 Å². The third-order valence-electron chi connectivity index (χ3n) is 4.12. The Labute approximate surface area is 162 Å². The molecule has 0 radical (unpaired) electrons. The number of carbonyl (C=O) groups excluding carboxylic acids is 1. The molecule has 6 nitrogen and oxygen atoms in total. The minimum Gasteiger partial charge on any atom is -0.490 e. The Morgan fingerprint density at radius 1 is 0.964 bits per heavy atom. The highest BCUT2D eigenvalue weighted by molar-refractivity contribution is 5.90. The van der Waals surface area contributed by atoms with Crippen molar-refractivity contribution in [1.29, 1.82) is 0 Å². The van der Waals surface area contributed by atoms with E-state index in [1.165, 1.54) is 6.07 Å². The molecule has 1 aromatic heterocycles. The fraction of sp³-hybridized carbons (Fsp3) is 0.273. The number of hydrogen-bond acceptors (Lipinski definition) is 6. The lowest BCUT2D eigenvalue weighted by Gasteiger charge is -2.12. The van der Waals surface area contributed by atoms with Gasteiger partial charge in [-0.1, -0.05) is 12.1 Å². The number of benzene rings is 2. The fourth-order valence-corrected chi connectivity index (χ4v) is 2.86. The largest absolute Gasteiger partial charge is 0.490 e. The number of carbonyl (C=O) groups is 1. The van der Waals surface area contributed by atoms with E-state index in [-0.39, 0.29) is 6.61 Å². The Hall–Kier alpha value is -3.28. The van der Waals surface area contributed by atoms with Gasteiger partial charge in [0.05, 0.1) is 18.8 Å². The summed E-state index contributed by atoms with van der Waals surface area (Å²) < 4.78 is 21.7. The number of aryl methyl sites for hydroxylation is 1. The van der Waals surface area contributed by atoms with Crippen LogP contribution < -0.4 is 15.1 Å². The van der Waals surface area contributed by atoms with Crippen LogP contribution in [0.5, 0.6) is 11.5 Å². The maximum atomic E-state index is 12.5. The molecule has 3 aromatic rings. The third-order valence-corrected chi connectivity index (χ3v) is 4.12. The van der Waals surface area contributed by atoms with Crippen LogP contribution in [0.1, 0.15) is 35.3 Å². The Morgan fingerprint density at radius 2 is 1.71 bits per heavy atom.